The summed E-state index contributed by atoms with van der Waals surface area (Å²) in [4.78, 5) is 30.5. The van der Waals surface area contributed by atoms with Gasteiger partial charge in [0.05, 0.1) is 28.5 Å². The summed E-state index contributed by atoms with van der Waals surface area (Å²) < 4.78 is 54.9. The van der Waals surface area contributed by atoms with E-state index in [1.807, 2.05) is 0 Å². The lowest BCUT2D eigenvalue weighted by molar-refractivity contribution is -0.135. The number of aromatic amines is 1. The average Bonchev–Trinajstić information content (AvgIpc) is 3.23. The molecule has 2 N–H and O–H groups in total. The Hall–Kier alpha value is -2.33. The van der Waals surface area contributed by atoms with Crippen LogP contribution in [0.15, 0.2) is 12.1 Å². The molecule has 1 aromatic heterocycles. The van der Waals surface area contributed by atoms with Gasteiger partial charge < -0.3 is 14.8 Å². The fourth-order valence-corrected chi connectivity index (χ4v) is 3.98. The summed E-state index contributed by atoms with van der Waals surface area (Å²) in [5.41, 5.74) is -0.149. The van der Waals surface area contributed by atoms with Crippen molar-refractivity contribution in [2.24, 2.45) is 0 Å². The normalized spacial score (nSPS) is 21.8. The van der Waals surface area contributed by atoms with E-state index in [0.717, 1.165) is 6.07 Å². The van der Waals surface area contributed by atoms with Crippen LogP contribution in [0.25, 0.3) is 10.9 Å². The summed E-state index contributed by atoms with van der Waals surface area (Å²) in [6, 6.07) is 1.41. The zero-order chi connectivity index (χ0) is 20.9. The van der Waals surface area contributed by atoms with Gasteiger partial charge in [-0.15, -0.1) is 0 Å². The molecule has 1 atom stereocenters. The molecule has 29 heavy (non-hydrogen) atoms. The number of benzene rings is 1. The Kier molecular flexibility index (Phi) is 4.94. The number of nitrogens with one attached hydrogen (secondary N) is 2. The van der Waals surface area contributed by atoms with Crippen LogP contribution in [0, 0.1) is 11.6 Å². The third-order valence-corrected chi connectivity index (χ3v) is 5.66. The van der Waals surface area contributed by atoms with Crippen molar-refractivity contribution in [3.63, 3.8) is 0 Å². The van der Waals surface area contributed by atoms with Gasteiger partial charge in [0.2, 0.25) is 5.91 Å². The molecule has 0 bridgehead atoms. The monoisotopic (exact) mass is 432 g/mol. The predicted octanol–water partition coefficient (Wildman–Crippen LogP) is 2.38. The van der Waals surface area contributed by atoms with E-state index in [0.29, 0.717) is 0 Å². The molecule has 0 radical (unpaired) electrons. The van der Waals surface area contributed by atoms with Crippen LogP contribution in [0.2, 0.25) is 5.02 Å². The van der Waals surface area contributed by atoms with E-state index < -0.39 is 53.4 Å². The van der Waals surface area contributed by atoms with Gasteiger partial charge in [0.1, 0.15) is 11.5 Å². The number of aromatic nitrogens is 1. The standard InChI is InChI=1S/C18H17ClF4N4O2/c19-13-9(20)1-2-10-12(13)14(21)15(25-10)17(29)27-5-3-26(4-6-27)16(28)11-7-18(22,23)8-24-11/h1-2,11,24-25H,3-8H2/t11-/m0/s1. The highest BCUT2D eigenvalue weighted by Gasteiger charge is 2.44. The molecule has 6 nitrogen and oxygen atoms in total. The molecule has 3 heterocycles. The van der Waals surface area contributed by atoms with Crippen LogP contribution >= 0.6 is 11.6 Å². The van der Waals surface area contributed by atoms with Gasteiger partial charge in [0.15, 0.2) is 5.82 Å². The van der Waals surface area contributed by atoms with Gasteiger partial charge in [-0.25, -0.2) is 17.6 Å². The van der Waals surface area contributed by atoms with Gasteiger partial charge in [-0.05, 0) is 12.1 Å². The molecule has 2 aromatic rings. The van der Waals surface area contributed by atoms with Gasteiger partial charge in [-0.2, -0.15) is 0 Å². The molecule has 2 amide bonds. The molecular weight excluding hydrogens is 416 g/mol. The first-order valence-electron chi connectivity index (χ1n) is 9.02. The molecule has 0 saturated carbocycles. The lowest BCUT2D eigenvalue weighted by Gasteiger charge is -2.35. The Balaban J connectivity index is 1.45. The molecule has 0 spiro atoms. The SMILES string of the molecule is O=C(c1[nH]c2ccc(F)c(Cl)c2c1F)N1CCN(C(=O)[C@@H]2CC(F)(F)CN2)CC1. The van der Waals surface area contributed by atoms with Crippen LogP contribution in [-0.2, 0) is 4.79 Å². The summed E-state index contributed by atoms with van der Waals surface area (Å²) in [6.07, 6.45) is -0.553. The first-order chi connectivity index (χ1) is 13.7. The minimum absolute atomic E-state index is 0.116. The molecule has 11 heteroatoms. The number of rotatable bonds is 2. The lowest BCUT2D eigenvalue weighted by Crippen LogP contribution is -2.54. The number of amides is 2. The van der Waals surface area contributed by atoms with Crippen molar-refractivity contribution in [3.8, 4) is 0 Å². The summed E-state index contributed by atoms with van der Waals surface area (Å²) in [6.45, 7) is -0.0169. The van der Waals surface area contributed by atoms with Gasteiger partial charge in [0.25, 0.3) is 11.8 Å². The fourth-order valence-electron chi connectivity index (χ4n) is 3.73. The van der Waals surface area contributed by atoms with E-state index in [-0.39, 0.29) is 42.8 Å². The highest BCUT2D eigenvalue weighted by Crippen LogP contribution is 2.31. The number of carbonyl (C=O) groups is 2. The smallest absolute Gasteiger partial charge is 0.273 e. The van der Waals surface area contributed by atoms with Crippen molar-refractivity contribution in [2.75, 3.05) is 32.7 Å². The number of halogens is 5. The number of alkyl halides is 2. The van der Waals surface area contributed by atoms with E-state index in [2.05, 4.69) is 10.3 Å². The van der Waals surface area contributed by atoms with Crippen molar-refractivity contribution in [2.45, 2.75) is 18.4 Å². The van der Waals surface area contributed by atoms with Crippen molar-refractivity contribution in [3.05, 3.63) is 34.5 Å². The molecule has 0 aliphatic carbocycles. The summed E-state index contributed by atoms with van der Waals surface area (Å²) in [5, 5.41) is 1.91. The molecule has 1 aromatic carbocycles. The van der Waals surface area contributed by atoms with E-state index in [1.54, 1.807) is 0 Å². The number of hydrogen-bond acceptors (Lipinski definition) is 3. The first-order valence-corrected chi connectivity index (χ1v) is 9.40. The largest absolute Gasteiger partial charge is 0.348 e. The number of hydrogen-bond donors (Lipinski definition) is 2. The Bertz CT molecular complexity index is 988. The van der Waals surface area contributed by atoms with Crippen molar-refractivity contribution >= 4 is 34.3 Å². The first kappa shape index (κ1) is 20.0. The molecule has 156 valence electrons. The third-order valence-electron chi connectivity index (χ3n) is 5.29. The van der Waals surface area contributed by atoms with Crippen LogP contribution in [0.3, 0.4) is 0 Å². The third kappa shape index (κ3) is 3.55. The average molecular weight is 433 g/mol. The number of carbonyl (C=O) groups excluding carboxylic acids is 2. The maximum absolute atomic E-state index is 14.7. The maximum atomic E-state index is 14.7. The van der Waals surface area contributed by atoms with Crippen LogP contribution in [0.5, 0.6) is 0 Å². The molecule has 0 unspecified atom stereocenters. The summed E-state index contributed by atoms with van der Waals surface area (Å²) in [5.74, 6) is -5.73. The second-order valence-corrected chi connectivity index (χ2v) is 7.59. The van der Waals surface area contributed by atoms with Crippen molar-refractivity contribution in [1.82, 2.24) is 20.1 Å². The van der Waals surface area contributed by atoms with Gasteiger partial charge >= 0.3 is 0 Å². The summed E-state index contributed by atoms with van der Waals surface area (Å²) in [7, 11) is 0. The Morgan fingerprint density at radius 2 is 1.76 bits per heavy atom. The van der Waals surface area contributed by atoms with Crippen molar-refractivity contribution in [1.29, 1.82) is 0 Å². The number of piperazine rings is 1. The highest BCUT2D eigenvalue weighted by atomic mass is 35.5. The van der Waals surface area contributed by atoms with E-state index in [4.69, 9.17) is 11.6 Å². The van der Waals surface area contributed by atoms with Crippen LogP contribution < -0.4 is 5.32 Å². The minimum atomic E-state index is -2.91. The summed E-state index contributed by atoms with van der Waals surface area (Å²) >= 11 is 5.81. The highest BCUT2D eigenvalue weighted by molar-refractivity contribution is 6.35. The van der Waals surface area contributed by atoms with Gasteiger partial charge in [-0.3, -0.25) is 14.9 Å². The van der Waals surface area contributed by atoms with Crippen LogP contribution in [0.1, 0.15) is 16.9 Å². The zero-order valence-electron chi connectivity index (χ0n) is 15.1. The quantitative estimate of drug-likeness (QED) is 0.716. The molecular formula is C18H17ClF4N4O2. The maximum Gasteiger partial charge on any atom is 0.273 e. The van der Waals surface area contributed by atoms with Crippen LogP contribution in [0.4, 0.5) is 17.6 Å². The van der Waals surface area contributed by atoms with Crippen LogP contribution in [-0.4, -0.2) is 71.3 Å². The Morgan fingerprint density at radius 3 is 2.38 bits per heavy atom. The molecule has 2 saturated heterocycles. The second-order valence-electron chi connectivity index (χ2n) is 7.21. The zero-order valence-corrected chi connectivity index (χ0v) is 15.8. The van der Waals surface area contributed by atoms with Gasteiger partial charge in [-0.1, -0.05) is 11.6 Å². The Labute approximate surface area is 167 Å². The topological polar surface area (TPSA) is 68.4 Å². The number of nitrogens with zero attached hydrogens (tertiary/aromatic N) is 2. The minimum Gasteiger partial charge on any atom is -0.348 e. The van der Waals surface area contributed by atoms with E-state index >= 15 is 0 Å². The number of H-pyrrole nitrogens is 1. The van der Waals surface area contributed by atoms with Gasteiger partial charge in [0, 0.05) is 32.6 Å². The van der Waals surface area contributed by atoms with Crippen molar-refractivity contribution < 1.29 is 27.2 Å². The van der Waals surface area contributed by atoms with E-state index in [9.17, 15) is 27.2 Å². The predicted molar refractivity (Wildman–Crippen MR) is 97.1 cm³/mol. The number of fused-ring (bicyclic) bond motifs is 1. The molecule has 4 rings (SSSR count). The molecule has 2 fully saturated rings. The second kappa shape index (κ2) is 7.17. The van der Waals surface area contributed by atoms with E-state index in [1.165, 1.54) is 15.9 Å². The fraction of sp³-hybridized carbons (Fsp3) is 0.444. The lowest BCUT2D eigenvalue weighted by atomic mass is 10.1. The molecule has 2 aliphatic heterocycles. The molecule has 2 aliphatic rings. The Morgan fingerprint density at radius 1 is 1.10 bits per heavy atom.